The Bertz CT molecular complexity index is 699. The molecule has 2 aromatic rings. The van der Waals surface area contributed by atoms with Gasteiger partial charge in [-0.2, -0.15) is 24.7 Å². The van der Waals surface area contributed by atoms with Crippen molar-refractivity contribution in [2.24, 2.45) is 0 Å². The highest BCUT2D eigenvalue weighted by Crippen LogP contribution is 2.15. The van der Waals surface area contributed by atoms with Crippen molar-refractivity contribution in [1.29, 1.82) is 0 Å². The normalized spacial score (nSPS) is 18.3. The van der Waals surface area contributed by atoms with Gasteiger partial charge in [-0.15, -0.1) is 0 Å². The first-order valence-electron chi connectivity index (χ1n) is 5.98. The number of imide groups is 1. The summed E-state index contributed by atoms with van der Waals surface area (Å²) in [5, 5.41) is 6.66. The number of likely N-dealkylation sites (N-methyl/N-ethyl adjacent to an activating group) is 1. The number of nitrogen functional groups attached to an aromatic ring is 1. The van der Waals surface area contributed by atoms with Crippen LogP contribution in [0.3, 0.4) is 0 Å². The van der Waals surface area contributed by atoms with Gasteiger partial charge >= 0.3 is 0 Å². The minimum absolute atomic E-state index is 0.0388. The molecule has 1 saturated heterocycles. The zero-order valence-corrected chi connectivity index (χ0v) is 11.0. The largest absolute Gasteiger partial charge is 0.368 e. The first kappa shape index (κ1) is 12.9. The van der Waals surface area contributed by atoms with Gasteiger partial charge in [-0.25, -0.2) is 4.98 Å². The SMILES string of the molecule is CN1C(=O)CC(Nc2nc(N)nc(-n3cncn3)n2)C1=O. The van der Waals surface area contributed by atoms with Crippen molar-refractivity contribution in [3.8, 4) is 5.95 Å². The average Bonchev–Trinajstić information content (AvgIpc) is 3.05. The number of anilines is 2. The summed E-state index contributed by atoms with van der Waals surface area (Å²) in [4.78, 5) is 40.0. The summed E-state index contributed by atoms with van der Waals surface area (Å²) in [6.45, 7) is 0. The molecule has 3 rings (SSSR count). The lowest BCUT2D eigenvalue weighted by molar-refractivity contribution is -0.136. The standard InChI is InChI=1S/C10H11N9O2/c1-18-6(20)2-5(7(18)21)14-9-15-8(11)16-10(17-9)19-4-12-3-13-19/h3-5H,2H2,1H3,(H3,11,14,15,16,17). The van der Waals surface area contributed by atoms with Gasteiger partial charge in [0.25, 0.3) is 11.9 Å². The Morgan fingerprint density at radius 2 is 2.14 bits per heavy atom. The second-order valence-electron chi connectivity index (χ2n) is 4.35. The number of amides is 2. The Hall–Kier alpha value is -3.11. The van der Waals surface area contributed by atoms with Crippen LogP contribution in [0, 0.1) is 0 Å². The van der Waals surface area contributed by atoms with Crippen LogP contribution in [0.5, 0.6) is 0 Å². The van der Waals surface area contributed by atoms with Gasteiger partial charge in [-0.1, -0.05) is 0 Å². The molecular weight excluding hydrogens is 278 g/mol. The molecule has 0 aromatic carbocycles. The quantitative estimate of drug-likeness (QED) is 0.625. The number of rotatable bonds is 3. The number of hydrogen-bond donors (Lipinski definition) is 2. The van der Waals surface area contributed by atoms with Crippen LogP contribution in [0.25, 0.3) is 5.95 Å². The van der Waals surface area contributed by atoms with Crippen LogP contribution in [-0.4, -0.2) is 59.5 Å². The molecule has 0 saturated carbocycles. The highest BCUT2D eigenvalue weighted by molar-refractivity contribution is 6.06. The predicted octanol–water partition coefficient (Wildman–Crippen LogP) is -1.80. The lowest BCUT2D eigenvalue weighted by Gasteiger charge is -2.11. The van der Waals surface area contributed by atoms with Crippen LogP contribution < -0.4 is 11.1 Å². The Kier molecular flexibility index (Phi) is 2.93. The van der Waals surface area contributed by atoms with Crippen LogP contribution in [0.2, 0.25) is 0 Å². The highest BCUT2D eigenvalue weighted by atomic mass is 16.2. The third-order valence-electron chi connectivity index (χ3n) is 2.95. The Balaban J connectivity index is 1.86. The summed E-state index contributed by atoms with van der Waals surface area (Å²) < 4.78 is 1.30. The van der Waals surface area contributed by atoms with Crippen molar-refractivity contribution >= 4 is 23.7 Å². The minimum Gasteiger partial charge on any atom is -0.368 e. The van der Waals surface area contributed by atoms with E-state index in [2.05, 4.69) is 30.4 Å². The number of aromatic nitrogens is 6. The smallest absolute Gasteiger partial charge is 0.258 e. The van der Waals surface area contributed by atoms with Gasteiger partial charge < -0.3 is 11.1 Å². The predicted molar refractivity (Wildman–Crippen MR) is 69.0 cm³/mol. The van der Waals surface area contributed by atoms with Crippen molar-refractivity contribution in [2.75, 3.05) is 18.1 Å². The Labute approximate surface area is 118 Å². The summed E-state index contributed by atoms with van der Waals surface area (Å²) >= 11 is 0. The van der Waals surface area contributed by atoms with Gasteiger partial charge in [0.05, 0.1) is 6.42 Å². The van der Waals surface area contributed by atoms with Crippen molar-refractivity contribution in [3.05, 3.63) is 12.7 Å². The molecule has 0 bridgehead atoms. The van der Waals surface area contributed by atoms with E-state index in [0.29, 0.717) is 0 Å². The van der Waals surface area contributed by atoms with Gasteiger partial charge in [-0.3, -0.25) is 14.5 Å². The molecule has 0 spiro atoms. The highest BCUT2D eigenvalue weighted by Gasteiger charge is 2.36. The number of hydrogen-bond acceptors (Lipinski definition) is 9. The molecule has 1 unspecified atom stereocenters. The van der Waals surface area contributed by atoms with E-state index in [1.165, 1.54) is 24.4 Å². The van der Waals surface area contributed by atoms with Crippen LogP contribution in [0.1, 0.15) is 6.42 Å². The fourth-order valence-corrected chi connectivity index (χ4v) is 1.88. The molecule has 11 nitrogen and oxygen atoms in total. The molecule has 3 heterocycles. The second-order valence-corrected chi connectivity index (χ2v) is 4.35. The molecule has 1 aliphatic rings. The van der Waals surface area contributed by atoms with Crippen molar-refractivity contribution in [1.82, 2.24) is 34.6 Å². The molecule has 108 valence electrons. The van der Waals surface area contributed by atoms with E-state index in [0.717, 1.165) is 4.90 Å². The third-order valence-corrected chi connectivity index (χ3v) is 2.95. The Morgan fingerprint density at radius 3 is 2.76 bits per heavy atom. The van der Waals surface area contributed by atoms with Gasteiger partial charge in [0, 0.05) is 7.05 Å². The number of likely N-dealkylation sites (tertiary alicyclic amines) is 1. The van der Waals surface area contributed by atoms with Gasteiger partial charge in [0.15, 0.2) is 0 Å². The summed E-state index contributed by atoms with van der Waals surface area (Å²) in [5.41, 5.74) is 5.60. The van der Waals surface area contributed by atoms with E-state index in [9.17, 15) is 9.59 Å². The number of carbonyl (C=O) groups excluding carboxylic acids is 2. The maximum Gasteiger partial charge on any atom is 0.258 e. The number of nitrogens with zero attached hydrogens (tertiary/aromatic N) is 7. The lowest BCUT2D eigenvalue weighted by atomic mass is 10.2. The summed E-state index contributed by atoms with van der Waals surface area (Å²) in [5.74, 6) is -0.400. The molecule has 1 atom stereocenters. The average molecular weight is 289 g/mol. The van der Waals surface area contributed by atoms with Crippen LogP contribution in [0.4, 0.5) is 11.9 Å². The maximum atomic E-state index is 11.8. The number of nitrogens with one attached hydrogen (secondary N) is 1. The van der Waals surface area contributed by atoms with E-state index < -0.39 is 6.04 Å². The van der Waals surface area contributed by atoms with Gasteiger partial charge in [0.2, 0.25) is 17.8 Å². The molecule has 11 heteroatoms. The monoisotopic (exact) mass is 289 g/mol. The van der Waals surface area contributed by atoms with E-state index in [-0.39, 0.29) is 36.1 Å². The zero-order chi connectivity index (χ0) is 15.0. The van der Waals surface area contributed by atoms with Gasteiger partial charge in [-0.05, 0) is 0 Å². The first-order chi connectivity index (χ1) is 10.0. The van der Waals surface area contributed by atoms with E-state index in [4.69, 9.17) is 5.73 Å². The lowest BCUT2D eigenvalue weighted by Crippen LogP contribution is -2.32. The Morgan fingerprint density at radius 1 is 1.33 bits per heavy atom. The van der Waals surface area contributed by atoms with Crippen molar-refractivity contribution < 1.29 is 9.59 Å². The van der Waals surface area contributed by atoms with Crippen LogP contribution >= 0.6 is 0 Å². The van der Waals surface area contributed by atoms with Crippen molar-refractivity contribution in [2.45, 2.75) is 12.5 Å². The molecule has 1 aliphatic heterocycles. The molecule has 1 fully saturated rings. The zero-order valence-electron chi connectivity index (χ0n) is 11.0. The maximum absolute atomic E-state index is 11.8. The third kappa shape index (κ3) is 2.35. The second kappa shape index (κ2) is 4.77. The van der Waals surface area contributed by atoms with E-state index in [1.807, 2.05) is 0 Å². The van der Waals surface area contributed by atoms with Crippen LogP contribution in [0.15, 0.2) is 12.7 Å². The minimum atomic E-state index is -0.715. The molecule has 2 aromatic heterocycles. The molecule has 21 heavy (non-hydrogen) atoms. The van der Waals surface area contributed by atoms with Crippen LogP contribution in [-0.2, 0) is 9.59 Å². The molecule has 0 aliphatic carbocycles. The van der Waals surface area contributed by atoms with Crippen molar-refractivity contribution in [3.63, 3.8) is 0 Å². The number of carbonyl (C=O) groups is 2. The molecule has 2 amide bonds. The number of nitrogens with two attached hydrogens (primary N) is 1. The fourth-order valence-electron chi connectivity index (χ4n) is 1.88. The van der Waals surface area contributed by atoms with E-state index in [1.54, 1.807) is 0 Å². The molecular formula is C10H11N9O2. The topological polar surface area (TPSA) is 145 Å². The van der Waals surface area contributed by atoms with Gasteiger partial charge in [0.1, 0.15) is 18.7 Å². The fraction of sp³-hybridized carbons (Fsp3) is 0.300. The first-order valence-corrected chi connectivity index (χ1v) is 5.98. The summed E-state index contributed by atoms with van der Waals surface area (Å²) in [6.07, 6.45) is 2.76. The summed E-state index contributed by atoms with van der Waals surface area (Å²) in [7, 11) is 1.43. The molecule has 3 N–H and O–H groups in total. The summed E-state index contributed by atoms with van der Waals surface area (Å²) in [6, 6.07) is -0.715. The molecule has 0 radical (unpaired) electrons. The van der Waals surface area contributed by atoms with E-state index >= 15 is 0 Å².